The van der Waals surface area contributed by atoms with Gasteiger partial charge < -0.3 is 4.74 Å². The lowest BCUT2D eigenvalue weighted by Gasteiger charge is -2.08. The van der Waals surface area contributed by atoms with Gasteiger partial charge in [-0.2, -0.15) is 0 Å². The van der Waals surface area contributed by atoms with Crippen molar-refractivity contribution in [2.75, 3.05) is 7.11 Å². The predicted octanol–water partition coefficient (Wildman–Crippen LogP) is 3.80. The Labute approximate surface area is 101 Å². The number of carbonyl (C=O) groups excluding carboxylic acids is 1. The van der Waals surface area contributed by atoms with Gasteiger partial charge in [0.1, 0.15) is 5.75 Å². The smallest absolute Gasteiger partial charge is 0.151 e. The molecule has 1 rings (SSSR count). The molecule has 0 aliphatic rings. The van der Waals surface area contributed by atoms with E-state index in [1.165, 1.54) is 0 Å². The number of carbonyl (C=O) groups is 1. The number of benzene rings is 1. The molecule has 0 amide bonds. The number of halogens is 3. The summed E-state index contributed by atoms with van der Waals surface area (Å²) in [7, 11) is 1.55. The fraction of sp³-hybridized carbons (Fsp3) is 0.125. The number of hydrogen-bond donors (Lipinski definition) is 0. The van der Waals surface area contributed by atoms with Crippen molar-refractivity contribution in [3.8, 4) is 5.75 Å². The minimum absolute atomic E-state index is 0.548. The molecule has 0 N–H and O–H groups in total. The fourth-order valence-corrected chi connectivity index (χ4v) is 2.40. The summed E-state index contributed by atoms with van der Waals surface area (Å²) in [5.41, 5.74) is 0.548. The van der Waals surface area contributed by atoms with E-state index in [0.717, 1.165) is 19.7 Å². The van der Waals surface area contributed by atoms with Crippen LogP contribution in [-0.2, 0) is 0 Å². The summed E-state index contributed by atoms with van der Waals surface area (Å²) in [6.07, 6.45) is 0.768. The minimum atomic E-state index is 0.548. The van der Waals surface area contributed by atoms with Gasteiger partial charge in [-0.25, -0.2) is 0 Å². The SMILES string of the molecule is COc1cc(C=O)c(Br)c(Br)c1Br. The molecule has 13 heavy (non-hydrogen) atoms. The molecule has 0 fully saturated rings. The van der Waals surface area contributed by atoms with Crippen LogP contribution in [0.3, 0.4) is 0 Å². The Morgan fingerprint density at radius 1 is 1.23 bits per heavy atom. The highest BCUT2D eigenvalue weighted by Crippen LogP contribution is 2.39. The zero-order valence-electron chi connectivity index (χ0n) is 6.61. The van der Waals surface area contributed by atoms with Crippen molar-refractivity contribution >= 4 is 54.1 Å². The Balaban J connectivity index is 3.45. The molecular weight excluding hydrogens is 368 g/mol. The number of ether oxygens (including phenoxy) is 1. The summed E-state index contributed by atoms with van der Waals surface area (Å²) >= 11 is 9.96. The summed E-state index contributed by atoms with van der Waals surface area (Å²) < 4.78 is 7.34. The fourth-order valence-electron chi connectivity index (χ4n) is 0.833. The maximum absolute atomic E-state index is 10.6. The van der Waals surface area contributed by atoms with E-state index >= 15 is 0 Å². The van der Waals surface area contributed by atoms with E-state index in [-0.39, 0.29) is 0 Å². The average molecular weight is 373 g/mol. The molecule has 0 saturated heterocycles. The largest absolute Gasteiger partial charge is 0.496 e. The number of aldehydes is 1. The molecule has 0 aliphatic carbocycles. The van der Waals surface area contributed by atoms with Crippen LogP contribution < -0.4 is 4.74 Å². The molecule has 1 aromatic rings. The second-order valence-electron chi connectivity index (χ2n) is 2.23. The van der Waals surface area contributed by atoms with Crippen LogP contribution >= 0.6 is 47.8 Å². The van der Waals surface area contributed by atoms with E-state index in [2.05, 4.69) is 47.8 Å². The molecule has 70 valence electrons. The van der Waals surface area contributed by atoms with Gasteiger partial charge in [-0.05, 0) is 53.9 Å². The lowest BCUT2D eigenvalue weighted by atomic mass is 10.2. The number of hydrogen-bond acceptors (Lipinski definition) is 2. The van der Waals surface area contributed by atoms with Crippen LogP contribution in [0.5, 0.6) is 5.75 Å². The Kier molecular flexibility index (Phi) is 3.94. The van der Waals surface area contributed by atoms with Gasteiger partial charge in [-0.3, -0.25) is 4.79 Å². The molecule has 5 heteroatoms. The van der Waals surface area contributed by atoms with E-state index in [1.54, 1.807) is 13.2 Å². The molecular formula is C8H5Br3O2. The van der Waals surface area contributed by atoms with Crippen LogP contribution in [0.2, 0.25) is 0 Å². The Bertz CT molecular complexity index is 350. The van der Waals surface area contributed by atoms with E-state index in [0.29, 0.717) is 11.3 Å². The van der Waals surface area contributed by atoms with Crippen molar-refractivity contribution in [3.05, 3.63) is 25.0 Å². The average Bonchev–Trinajstić information content (AvgIpc) is 2.15. The van der Waals surface area contributed by atoms with Gasteiger partial charge in [0.2, 0.25) is 0 Å². The Morgan fingerprint density at radius 2 is 1.85 bits per heavy atom. The summed E-state index contributed by atoms with van der Waals surface area (Å²) in [5.74, 6) is 0.622. The maximum atomic E-state index is 10.6. The molecule has 0 radical (unpaired) electrons. The molecule has 1 aromatic carbocycles. The van der Waals surface area contributed by atoms with Gasteiger partial charge in [-0.1, -0.05) is 0 Å². The molecule has 0 heterocycles. The molecule has 0 spiro atoms. The van der Waals surface area contributed by atoms with Crippen LogP contribution in [0.1, 0.15) is 10.4 Å². The van der Waals surface area contributed by atoms with Crippen molar-refractivity contribution in [1.82, 2.24) is 0 Å². The Morgan fingerprint density at radius 3 is 2.31 bits per heavy atom. The van der Waals surface area contributed by atoms with E-state index in [1.807, 2.05) is 0 Å². The third-order valence-electron chi connectivity index (χ3n) is 1.49. The van der Waals surface area contributed by atoms with Crippen LogP contribution in [-0.4, -0.2) is 13.4 Å². The summed E-state index contributed by atoms with van der Waals surface area (Å²) in [6.45, 7) is 0. The van der Waals surface area contributed by atoms with Crippen molar-refractivity contribution in [1.29, 1.82) is 0 Å². The lowest BCUT2D eigenvalue weighted by molar-refractivity contribution is 0.112. The topological polar surface area (TPSA) is 26.3 Å². The standard InChI is InChI=1S/C8H5Br3O2/c1-13-5-2-4(3-12)6(9)8(11)7(5)10/h2-3H,1H3. The van der Waals surface area contributed by atoms with E-state index in [4.69, 9.17) is 4.74 Å². The summed E-state index contributed by atoms with van der Waals surface area (Å²) in [4.78, 5) is 10.6. The molecule has 0 aromatic heterocycles. The van der Waals surface area contributed by atoms with Crippen molar-refractivity contribution < 1.29 is 9.53 Å². The zero-order valence-corrected chi connectivity index (χ0v) is 11.4. The van der Waals surface area contributed by atoms with Gasteiger partial charge in [0.15, 0.2) is 6.29 Å². The van der Waals surface area contributed by atoms with Gasteiger partial charge in [0.25, 0.3) is 0 Å². The van der Waals surface area contributed by atoms with Crippen molar-refractivity contribution in [3.63, 3.8) is 0 Å². The molecule has 0 saturated carbocycles. The Hall–Kier alpha value is 0.130. The van der Waals surface area contributed by atoms with Gasteiger partial charge in [-0.15, -0.1) is 0 Å². The second kappa shape index (κ2) is 4.57. The highest BCUT2D eigenvalue weighted by Gasteiger charge is 2.12. The molecule has 0 bridgehead atoms. The van der Waals surface area contributed by atoms with Gasteiger partial charge in [0, 0.05) is 10.0 Å². The minimum Gasteiger partial charge on any atom is -0.496 e. The summed E-state index contributed by atoms with van der Waals surface area (Å²) in [6, 6.07) is 1.66. The van der Waals surface area contributed by atoms with E-state index < -0.39 is 0 Å². The second-order valence-corrected chi connectivity index (χ2v) is 4.61. The highest BCUT2D eigenvalue weighted by molar-refractivity contribution is 9.14. The predicted molar refractivity (Wildman–Crippen MR) is 61.5 cm³/mol. The molecule has 0 atom stereocenters. The first-order valence-corrected chi connectivity index (χ1v) is 5.66. The first kappa shape index (κ1) is 11.2. The van der Waals surface area contributed by atoms with Crippen LogP contribution in [0.4, 0.5) is 0 Å². The van der Waals surface area contributed by atoms with Gasteiger partial charge >= 0.3 is 0 Å². The third-order valence-corrected chi connectivity index (χ3v) is 4.99. The lowest BCUT2D eigenvalue weighted by Crippen LogP contribution is -1.91. The van der Waals surface area contributed by atoms with Crippen molar-refractivity contribution in [2.45, 2.75) is 0 Å². The molecule has 0 unspecified atom stereocenters. The molecule has 2 nitrogen and oxygen atoms in total. The number of rotatable bonds is 2. The van der Waals surface area contributed by atoms with Crippen LogP contribution in [0.25, 0.3) is 0 Å². The number of methoxy groups -OCH3 is 1. The highest BCUT2D eigenvalue weighted by atomic mass is 79.9. The maximum Gasteiger partial charge on any atom is 0.151 e. The zero-order chi connectivity index (χ0) is 10.0. The summed E-state index contributed by atoms with van der Waals surface area (Å²) in [5, 5.41) is 0. The van der Waals surface area contributed by atoms with Crippen molar-refractivity contribution in [2.24, 2.45) is 0 Å². The van der Waals surface area contributed by atoms with Gasteiger partial charge in [0.05, 0.1) is 16.1 Å². The van der Waals surface area contributed by atoms with Crippen LogP contribution in [0.15, 0.2) is 19.5 Å². The molecule has 0 aliphatic heterocycles. The van der Waals surface area contributed by atoms with Crippen LogP contribution in [0, 0.1) is 0 Å². The quantitative estimate of drug-likeness (QED) is 0.583. The monoisotopic (exact) mass is 370 g/mol. The normalized spacial score (nSPS) is 9.85. The first-order chi connectivity index (χ1) is 6.11. The van der Waals surface area contributed by atoms with E-state index in [9.17, 15) is 4.79 Å². The first-order valence-electron chi connectivity index (χ1n) is 3.28. The third kappa shape index (κ3) is 2.14.